The average Bonchev–Trinajstić information content (AvgIpc) is 3.72. The van der Waals surface area contributed by atoms with Crippen LogP contribution in [-0.2, 0) is 0 Å². The Morgan fingerprint density at radius 1 is 0.646 bits per heavy atom. The number of nitrogens with one attached hydrogen (secondary N) is 1. The maximum absolute atomic E-state index is 6.80. The highest BCUT2D eigenvalue weighted by atomic mass is 16.5. The fourth-order valence-corrected chi connectivity index (χ4v) is 7.86. The van der Waals surface area contributed by atoms with Crippen LogP contribution in [0.2, 0.25) is 0 Å². The molecular formula is C43H32N4O. The second-order valence-electron chi connectivity index (χ2n) is 12.9. The van der Waals surface area contributed by atoms with Gasteiger partial charge in [-0.1, -0.05) is 115 Å². The van der Waals surface area contributed by atoms with Crippen molar-refractivity contribution in [3.8, 4) is 11.4 Å². The zero-order chi connectivity index (χ0) is 31.6. The number of aliphatic imine (C=N–C) groups is 2. The molecule has 2 aliphatic carbocycles. The van der Waals surface area contributed by atoms with Crippen molar-refractivity contribution < 1.29 is 4.74 Å². The van der Waals surface area contributed by atoms with Crippen LogP contribution in [0, 0.1) is 5.92 Å². The van der Waals surface area contributed by atoms with E-state index in [9.17, 15) is 0 Å². The zero-order valence-electron chi connectivity index (χ0n) is 26.2. The number of ether oxygens (including phenoxy) is 1. The summed E-state index contributed by atoms with van der Waals surface area (Å²) >= 11 is 0. The number of rotatable bonds is 4. The number of amidine groups is 2. The SMILES string of the molecule is C1=CCC(C2N=C(c3ccccc3)NC(c3ccc(-n4c5ccccc5c5c6c(c7ccccc7c54)C4C=CC=CC4O6)cc3)=N2)C=C1. The van der Waals surface area contributed by atoms with Crippen molar-refractivity contribution in [1.82, 2.24) is 9.88 Å². The quantitative estimate of drug-likeness (QED) is 0.214. The first-order valence-corrected chi connectivity index (χ1v) is 16.7. The van der Waals surface area contributed by atoms with Crippen molar-refractivity contribution in [3.63, 3.8) is 0 Å². The lowest BCUT2D eigenvalue weighted by molar-refractivity contribution is 0.271. The summed E-state index contributed by atoms with van der Waals surface area (Å²) in [7, 11) is 0. The van der Waals surface area contributed by atoms with E-state index in [1.54, 1.807) is 0 Å². The van der Waals surface area contributed by atoms with Crippen molar-refractivity contribution in [2.75, 3.05) is 0 Å². The highest BCUT2D eigenvalue weighted by molar-refractivity contribution is 6.23. The number of allylic oxidation sites excluding steroid dienone is 5. The zero-order valence-corrected chi connectivity index (χ0v) is 26.2. The van der Waals surface area contributed by atoms with Crippen molar-refractivity contribution in [2.24, 2.45) is 15.9 Å². The molecule has 1 aromatic heterocycles. The fourth-order valence-electron chi connectivity index (χ4n) is 7.86. The predicted octanol–water partition coefficient (Wildman–Crippen LogP) is 9.16. The van der Waals surface area contributed by atoms with Crippen molar-refractivity contribution in [3.05, 3.63) is 168 Å². The van der Waals surface area contributed by atoms with Crippen molar-refractivity contribution >= 4 is 44.2 Å². The number of aromatic nitrogens is 1. The van der Waals surface area contributed by atoms with Gasteiger partial charge in [-0.25, -0.2) is 9.98 Å². The summed E-state index contributed by atoms with van der Waals surface area (Å²) in [4.78, 5) is 10.2. The number of para-hydroxylation sites is 1. The maximum atomic E-state index is 6.80. The number of nitrogens with zero attached hydrogens (tertiary/aromatic N) is 3. The summed E-state index contributed by atoms with van der Waals surface area (Å²) in [5.74, 6) is 3.12. The number of fused-ring (bicyclic) bond motifs is 10. The summed E-state index contributed by atoms with van der Waals surface area (Å²) in [5, 5.41) is 8.43. The van der Waals surface area contributed by atoms with Gasteiger partial charge in [-0.05, 0) is 48.2 Å². The van der Waals surface area contributed by atoms with Crippen LogP contribution in [-0.4, -0.2) is 28.5 Å². The molecule has 3 heterocycles. The Labute approximate surface area is 278 Å². The minimum atomic E-state index is -0.198. The summed E-state index contributed by atoms with van der Waals surface area (Å²) < 4.78 is 9.20. The van der Waals surface area contributed by atoms with Gasteiger partial charge in [-0.2, -0.15) is 0 Å². The van der Waals surface area contributed by atoms with Crippen LogP contribution in [0.4, 0.5) is 0 Å². The van der Waals surface area contributed by atoms with Gasteiger partial charge in [0.1, 0.15) is 23.5 Å². The van der Waals surface area contributed by atoms with E-state index < -0.39 is 0 Å². The van der Waals surface area contributed by atoms with Gasteiger partial charge in [0.05, 0.1) is 16.4 Å². The minimum absolute atomic E-state index is 0.0115. The van der Waals surface area contributed by atoms with Crippen LogP contribution in [0.3, 0.4) is 0 Å². The molecule has 4 atom stereocenters. The van der Waals surface area contributed by atoms with E-state index in [2.05, 4.69) is 156 Å². The molecule has 5 nitrogen and oxygen atoms in total. The molecule has 230 valence electrons. The Morgan fingerprint density at radius 3 is 2.12 bits per heavy atom. The molecule has 6 aromatic rings. The number of benzene rings is 5. The standard InChI is InChI=1S/C43H32N4O/c1-3-13-27(14-4-1)41-44-42(28-15-5-2-6-16-28)46-43(45-41)29-23-25-30(26-24-29)47-35-21-11-9-19-33(35)38-39(47)32-18-8-7-17-31(32)37-34-20-10-12-22-36(34)48-40(37)38/h1-15,17-26,28,34,36,42H,16H2,(H,44,45,46). The van der Waals surface area contributed by atoms with Crippen molar-refractivity contribution in [2.45, 2.75) is 24.6 Å². The first kappa shape index (κ1) is 27.2. The largest absolute Gasteiger partial charge is 0.484 e. The number of hydrogen-bond acceptors (Lipinski definition) is 4. The number of hydrogen-bond donors (Lipinski definition) is 1. The van der Waals surface area contributed by atoms with Crippen LogP contribution in [0.25, 0.3) is 38.3 Å². The average molecular weight is 621 g/mol. The van der Waals surface area contributed by atoms with Gasteiger partial charge in [0.15, 0.2) is 6.17 Å². The molecule has 0 bridgehead atoms. The van der Waals surface area contributed by atoms with Gasteiger partial charge in [0.2, 0.25) is 0 Å². The third kappa shape index (κ3) is 4.17. The molecule has 4 aliphatic rings. The Balaban J connectivity index is 1.12. The third-order valence-corrected chi connectivity index (χ3v) is 10.1. The van der Waals surface area contributed by atoms with Crippen LogP contribution in [0.5, 0.6) is 5.75 Å². The predicted molar refractivity (Wildman–Crippen MR) is 197 cm³/mol. The van der Waals surface area contributed by atoms with Crippen LogP contribution < -0.4 is 10.1 Å². The molecule has 0 saturated heterocycles. The highest BCUT2D eigenvalue weighted by Gasteiger charge is 2.37. The van der Waals surface area contributed by atoms with Crippen LogP contribution in [0.1, 0.15) is 29.0 Å². The Bertz CT molecular complexity index is 2440. The molecule has 0 radical (unpaired) electrons. The van der Waals surface area contributed by atoms with Gasteiger partial charge in [-0.3, -0.25) is 0 Å². The molecule has 1 N–H and O–H groups in total. The normalized spacial score (nSPS) is 22.3. The van der Waals surface area contributed by atoms with Crippen LogP contribution in [0.15, 0.2) is 162 Å². The Kier molecular flexibility index (Phi) is 6.13. The molecule has 0 saturated carbocycles. The molecule has 0 fully saturated rings. The maximum Gasteiger partial charge on any atom is 0.150 e. The third-order valence-electron chi connectivity index (χ3n) is 10.1. The van der Waals surface area contributed by atoms with Gasteiger partial charge in [-0.15, -0.1) is 0 Å². The topological polar surface area (TPSA) is 50.9 Å². The van der Waals surface area contributed by atoms with Gasteiger partial charge in [0, 0.05) is 45.0 Å². The Hall–Kier alpha value is -5.94. The van der Waals surface area contributed by atoms with E-state index in [1.165, 1.54) is 32.6 Å². The molecule has 0 spiro atoms. The molecule has 0 amide bonds. The first-order chi connectivity index (χ1) is 23.8. The molecule has 10 rings (SSSR count). The smallest absolute Gasteiger partial charge is 0.150 e. The summed E-state index contributed by atoms with van der Waals surface area (Å²) in [6, 6.07) is 36.6. The monoisotopic (exact) mass is 620 g/mol. The van der Waals surface area contributed by atoms with E-state index in [0.29, 0.717) is 0 Å². The second-order valence-corrected chi connectivity index (χ2v) is 12.9. The molecule has 4 unspecified atom stereocenters. The van der Waals surface area contributed by atoms with E-state index >= 15 is 0 Å². The summed E-state index contributed by atoms with van der Waals surface area (Å²) in [6.07, 6.45) is 18.1. The lowest BCUT2D eigenvalue weighted by Gasteiger charge is -2.26. The van der Waals surface area contributed by atoms with Crippen LogP contribution >= 0.6 is 0 Å². The van der Waals surface area contributed by atoms with Gasteiger partial charge >= 0.3 is 0 Å². The van der Waals surface area contributed by atoms with E-state index in [-0.39, 0.29) is 24.1 Å². The minimum Gasteiger partial charge on any atom is -0.484 e. The van der Waals surface area contributed by atoms with Gasteiger partial charge < -0.3 is 14.6 Å². The van der Waals surface area contributed by atoms with E-state index in [0.717, 1.165) is 46.2 Å². The highest BCUT2D eigenvalue weighted by Crippen LogP contribution is 2.52. The molecular weight excluding hydrogens is 589 g/mol. The first-order valence-electron chi connectivity index (χ1n) is 16.7. The summed E-state index contributed by atoms with van der Waals surface area (Å²) in [5.41, 5.74) is 6.80. The van der Waals surface area contributed by atoms with E-state index in [1.807, 2.05) is 6.07 Å². The lowest BCUT2D eigenvalue weighted by atomic mass is 9.87. The second kappa shape index (κ2) is 10.8. The Morgan fingerprint density at radius 2 is 1.33 bits per heavy atom. The van der Waals surface area contributed by atoms with E-state index in [4.69, 9.17) is 14.7 Å². The summed E-state index contributed by atoms with van der Waals surface area (Å²) in [6.45, 7) is 0. The van der Waals surface area contributed by atoms with Gasteiger partial charge in [0.25, 0.3) is 0 Å². The molecule has 48 heavy (non-hydrogen) atoms. The molecule has 5 heteroatoms. The molecule has 2 aliphatic heterocycles. The fraction of sp³-hybridized carbons (Fsp3) is 0.116. The molecule has 5 aromatic carbocycles. The lowest BCUT2D eigenvalue weighted by Crippen LogP contribution is -2.39. The van der Waals surface area contributed by atoms with Crippen molar-refractivity contribution in [1.29, 1.82) is 0 Å².